The van der Waals surface area contributed by atoms with E-state index in [2.05, 4.69) is 14.6 Å². The van der Waals surface area contributed by atoms with Crippen LogP contribution >= 0.6 is 11.3 Å². The summed E-state index contributed by atoms with van der Waals surface area (Å²) in [5.41, 5.74) is 0.655. The van der Waals surface area contributed by atoms with Crippen molar-refractivity contribution < 1.29 is 22.7 Å². The molecule has 134 valence electrons. The summed E-state index contributed by atoms with van der Waals surface area (Å²) in [6.07, 6.45) is -2.80. The molecule has 5 nitrogen and oxygen atoms in total. The molecule has 0 atom stereocenters. The van der Waals surface area contributed by atoms with Crippen LogP contribution in [0.5, 0.6) is 5.75 Å². The van der Waals surface area contributed by atoms with E-state index in [0.717, 1.165) is 18.2 Å². The number of benzene rings is 1. The highest BCUT2D eigenvalue weighted by Crippen LogP contribution is 2.23. The van der Waals surface area contributed by atoms with Crippen molar-refractivity contribution in [1.29, 1.82) is 0 Å². The van der Waals surface area contributed by atoms with E-state index in [4.69, 9.17) is 0 Å². The average molecular weight is 371 g/mol. The Bertz CT molecular complexity index is 696. The molecule has 25 heavy (non-hydrogen) atoms. The van der Waals surface area contributed by atoms with Gasteiger partial charge in [0.1, 0.15) is 5.75 Å². The molecule has 2 aromatic rings. The van der Waals surface area contributed by atoms with Crippen molar-refractivity contribution >= 4 is 22.4 Å². The minimum Gasteiger partial charge on any atom is -0.406 e. The molecule has 3 rings (SSSR count). The van der Waals surface area contributed by atoms with Crippen molar-refractivity contribution in [2.24, 2.45) is 0 Å². The van der Waals surface area contributed by atoms with Gasteiger partial charge in [0.25, 0.3) is 0 Å². The fourth-order valence-electron chi connectivity index (χ4n) is 2.61. The molecule has 1 aliphatic heterocycles. The molecule has 0 bridgehead atoms. The number of halogens is 3. The maximum atomic E-state index is 12.4. The number of hydrogen-bond acceptors (Lipinski definition) is 5. The van der Waals surface area contributed by atoms with Gasteiger partial charge in [-0.1, -0.05) is 12.1 Å². The van der Waals surface area contributed by atoms with Crippen LogP contribution in [0.1, 0.15) is 5.56 Å². The molecule has 2 heterocycles. The quantitative estimate of drug-likeness (QED) is 0.829. The van der Waals surface area contributed by atoms with Crippen LogP contribution in [0.2, 0.25) is 0 Å². The summed E-state index contributed by atoms with van der Waals surface area (Å²) in [6, 6.07) is 5.39. The highest BCUT2D eigenvalue weighted by molar-refractivity contribution is 7.13. The van der Waals surface area contributed by atoms with Gasteiger partial charge in [-0.2, -0.15) is 0 Å². The van der Waals surface area contributed by atoms with Gasteiger partial charge in [-0.3, -0.25) is 4.79 Å². The Morgan fingerprint density at radius 1 is 1.16 bits per heavy atom. The minimum atomic E-state index is -4.71. The number of anilines is 1. The lowest BCUT2D eigenvalue weighted by Gasteiger charge is -2.34. The Labute approximate surface area is 146 Å². The lowest BCUT2D eigenvalue weighted by Crippen LogP contribution is -2.49. The zero-order chi connectivity index (χ0) is 17.9. The first-order chi connectivity index (χ1) is 11.9. The molecule has 1 aromatic heterocycles. The first kappa shape index (κ1) is 17.5. The molecule has 1 fully saturated rings. The van der Waals surface area contributed by atoms with Crippen molar-refractivity contribution in [3.63, 3.8) is 0 Å². The lowest BCUT2D eigenvalue weighted by atomic mass is 10.1. The third kappa shape index (κ3) is 4.85. The maximum absolute atomic E-state index is 12.4. The minimum absolute atomic E-state index is 0.0386. The van der Waals surface area contributed by atoms with Gasteiger partial charge in [0.05, 0.1) is 6.42 Å². The monoisotopic (exact) mass is 371 g/mol. The van der Waals surface area contributed by atoms with Gasteiger partial charge < -0.3 is 14.5 Å². The number of carbonyl (C=O) groups excluding carboxylic acids is 1. The van der Waals surface area contributed by atoms with Crippen molar-refractivity contribution in [3.05, 3.63) is 41.4 Å². The van der Waals surface area contributed by atoms with Gasteiger partial charge in [0, 0.05) is 37.8 Å². The standard InChI is InChI=1S/C16H16F3N3O2S/c17-16(18,19)24-13-3-1-12(2-4-13)11-14(23)21-6-8-22(9-7-21)15-20-5-10-25-15/h1-5,10H,6-9,11H2. The van der Waals surface area contributed by atoms with Gasteiger partial charge in [-0.15, -0.1) is 24.5 Å². The number of thiazole rings is 1. The molecule has 0 saturated carbocycles. The van der Waals surface area contributed by atoms with Crippen molar-refractivity contribution in [2.45, 2.75) is 12.8 Å². The topological polar surface area (TPSA) is 45.7 Å². The second kappa shape index (κ2) is 7.30. The van der Waals surface area contributed by atoms with Gasteiger partial charge in [0.2, 0.25) is 5.91 Å². The fraction of sp³-hybridized carbons (Fsp3) is 0.375. The number of hydrogen-bond donors (Lipinski definition) is 0. The first-order valence-corrected chi connectivity index (χ1v) is 8.55. The van der Waals surface area contributed by atoms with Crippen LogP contribution in [0.25, 0.3) is 0 Å². The van der Waals surface area contributed by atoms with E-state index in [0.29, 0.717) is 18.7 Å². The van der Waals surface area contributed by atoms with E-state index >= 15 is 0 Å². The highest BCUT2D eigenvalue weighted by Gasteiger charge is 2.31. The van der Waals surface area contributed by atoms with Crippen LogP contribution in [-0.4, -0.2) is 48.3 Å². The van der Waals surface area contributed by atoms with Gasteiger partial charge >= 0.3 is 6.36 Å². The van der Waals surface area contributed by atoms with E-state index in [9.17, 15) is 18.0 Å². The summed E-state index contributed by atoms with van der Waals surface area (Å²) in [4.78, 5) is 20.5. The van der Waals surface area contributed by atoms with E-state index < -0.39 is 6.36 Å². The third-order valence-corrected chi connectivity index (χ3v) is 4.67. The molecule has 1 saturated heterocycles. The Kier molecular flexibility index (Phi) is 5.12. The summed E-state index contributed by atoms with van der Waals surface area (Å²) in [5.74, 6) is -0.330. The third-order valence-electron chi connectivity index (χ3n) is 3.83. The predicted molar refractivity (Wildman–Crippen MR) is 87.7 cm³/mol. The Hall–Kier alpha value is -2.29. The summed E-state index contributed by atoms with van der Waals surface area (Å²) in [5, 5.41) is 2.87. The number of nitrogens with zero attached hydrogens (tertiary/aromatic N) is 3. The number of alkyl halides is 3. The molecular weight excluding hydrogens is 355 g/mol. The van der Waals surface area contributed by atoms with Crippen LogP contribution in [0, 0.1) is 0 Å². The van der Waals surface area contributed by atoms with E-state index in [-0.39, 0.29) is 18.1 Å². The van der Waals surface area contributed by atoms with Crippen molar-refractivity contribution in [3.8, 4) is 5.75 Å². The van der Waals surface area contributed by atoms with Crippen LogP contribution in [0.4, 0.5) is 18.3 Å². The number of aromatic nitrogens is 1. The van der Waals surface area contributed by atoms with E-state index in [1.807, 2.05) is 5.38 Å². The summed E-state index contributed by atoms with van der Waals surface area (Å²) in [6.45, 7) is 2.65. The van der Waals surface area contributed by atoms with Crippen LogP contribution in [0.3, 0.4) is 0 Å². The smallest absolute Gasteiger partial charge is 0.406 e. The Balaban J connectivity index is 1.51. The number of rotatable bonds is 4. The van der Waals surface area contributed by atoms with Crippen LogP contribution in [-0.2, 0) is 11.2 Å². The Morgan fingerprint density at radius 2 is 1.84 bits per heavy atom. The predicted octanol–water partition coefficient (Wildman–Crippen LogP) is 2.93. The largest absolute Gasteiger partial charge is 0.573 e. The zero-order valence-corrected chi connectivity index (χ0v) is 14.0. The SMILES string of the molecule is O=C(Cc1ccc(OC(F)(F)F)cc1)N1CCN(c2nccs2)CC1. The lowest BCUT2D eigenvalue weighted by molar-refractivity contribution is -0.274. The number of piperazine rings is 1. The Morgan fingerprint density at radius 3 is 2.40 bits per heavy atom. The second-order valence-corrected chi connectivity index (χ2v) is 6.42. The summed E-state index contributed by atoms with van der Waals surface area (Å²) in [7, 11) is 0. The average Bonchev–Trinajstić information content (AvgIpc) is 3.10. The van der Waals surface area contributed by atoms with Crippen LogP contribution in [0.15, 0.2) is 35.8 Å². The normalized spacial score (nSPS) is 15.3. The second-order valence-electron chi connectivity index (χ2n) is 5.55. The fourth-order valence-corrected chi connectivity index (χ4v) is 3.31. The van der Waals surface area contributed by atoms with Crippen molar-refractivity contribution in [1.82, 2.24) is 9.88 Å². The molecule has 0 aliphatic carbocycles. The summed E-state index contributed by atoms with van der Waals surface area (Å²) < 4.78 is 40.2. The molecule has 1 aromatic carbocycles. The number of ether oxygens (including phenoxy) is 1. The van der Waals surface area contributed by atoms with E-state index in [1.165, 1.54) is 24.3 Å². The first-order valence-electron chi connectivity index (χ1n) is 7.67. The molecule has 0 spiro atoms. The van der Waals surface area contributed by atoms with Gasteiger partial charge in [-0.05, 0) is 17.7 Å². The molecular formula is C16H16F3N3O2S. The van der Waals surface area contributed by atoms with Gasteiger partial charge in [0.15, 0.2) is 5.13 Å². The molecule has 0 radical (unpaired) electrons. The summed E-state index contributed by atoms with van der Waals surface area (Å²) >= 11 is 1.57. The molecule has 1 aliphatic rings. The van der Waals surface area contributed by atoms with Crippen molar-refractivity contribution in [2.75, 3.05) is 31.1 Å². The number of amides is 1. The molecule has 9 heteroatoms. The molecule has 1 amide bonds. The van der Waals surface area contributed by atoms with E-state index in [1.54, 1.807) is 22.4 Å². The molecule has 0 unspecified atom stereocenters. The molecule has 0 N–H and O–H groups in total. The van der Waals surface area contributed by atoms with Gasteiger partial charge in [-0.25, -0.2) is 4.98 Å². The zero-order valence-electron chi connectivity index (χ0n) is 13.2. The van der Waals surface area contributed by atoms with Crippen LogP contribution < -0.4 is 9.64 Å². The number of carbonyl (C=O) groups is 1. The highest BCUT2D eigenvalue weighted by atomic mass is 32.1. The maximum Gasteiger partial charge on any atom is 0.573 e.